The molecule has 28 heavy (non-hydrogen) atoms. The summed E-state index contributed by atoms with van der Waals surface area (Å²) in [7, 11) is 0. The largest absolute Gasteiger partial charge is 0.478 e. The Labute approximate surface area is 162 Å². The molecule has 1 fully saturated rings. The van der Waals surface area contributed by atoms with Crippen molar-refractivity contribution in [1.29, 1.82) is 5.41 Å². The zero-order chi connectivity index (χ0) is 19.8. The number of nitrogens with one attached hydrogen (secondary N) is 1. The van der Waals surface area contributed by atoms with Gasteiger partial charge < -0.3 is 21.1 Å². The number of carbonyl (C=O) groups is 1. The van der Waals surface area contributed by atoms with Gasteiger partial charge in [0.1, 0.15) is 5.69 Å². The summed E-state index contributed by atoms with van der Waals surface area (Å²) < 4.78 is 0. The number of carboxylic acid groups (broad SMARTS) is 1. The minimum absolute atomic E-state index is 0.188. The molecule has 0 radical (unpaired) electrons. The summed E-state index contributed by atoms with van der Waals surface area (Å²) in [6, 6.07) is 10.6. The Morgan fingerprint density at radius 3 is 2.75 bits per heavy atom. The van der Waals surface area contributed by atoms with Crippen molar-refractivity contribution in [3.8, 4) is 11.3 Å². The zero-order valence-corrected chi connectivity index (χ0v) is 15.5. The number of hydrogen-bond acceptors (Lipinski definition) is 6. The third-order valence-electron chi connectivity index (χ3n) is 5.23. The lowest BCUT2D eigenvalue weighted by Crippen LogP contribution is -2.28. The third-order valence-corrected chi connectivity index (χ3v) is 5.23. The molecule has 1 atom stereocenters. The molecule has 4 N–H and O–H groups in total. The molecule has 1 aromatic heterocycles. The molecule has 1 saturated heterocycles. The van der Waals surface area contributed by atoms with E-state index in [-0.39, 0.29) is 5.56 Å². The molecule has 3 aromatic rings. The van der Waals surface area contributed by atoms with Crippen molar-refractivity contribution in [2.24, 2.45) is 0 Å². The van der Waals surface area contributed by atoms with Crippen LogP contribution in [-0.2, 0) is 0 Å². The van der Waals surface area contributed by atoms with E-state index in [1.54, 1.807) is 18.2 Å². The maximum Gasteiger partial charge on any atom is 0.335 e. The first-order valence-electron chi connectivity index (χ1n) is 9.20. The quantitative estimate of drug-likeness (QED) is 0.474. The minimum Gasteiger partial charge on any atom is -0.478 e. The lowest BCUT2D eigenvalue weighted by atomic mass is 10.1. The highest BCUT2D eigenvalue weighted by Gasteiger charge is 2.26. The summed E-state index contributed by atoms with van der Waals surface area (Å²) in [4.78, 5) is 23.2. The van der Waals surface area contributed by atoms with Crippen LogP contribution in [0.1, 0.15) is 35.7 Å². The standard InChI is InChI=1S/C21H21N5O2/c1-12-3-2-8-26(12)20-19(13-4-6-16(23)15(9-13)11-22)24-17-7-5-14(21(27)28)10-18(17)25-20/h4-7,9-12,22H,2-3,8,23H2,1H3,(H,27,28)/t12-/m0/s1. The van der Waals surface area contributed by atoms with E-state index in [9.17, 15) is 9.90 Å². The molecule has 0 unspecified atom stereocenters. The maximum atomic E-state index is 11.3. The van der Waals surface area contributed by atoms with E-state index >= 15 is 0 Å². The molecule has 4 rings (SSSR count). The highest BCUT2D eigenvalue weighted by Crippen LogP contribution is 2.35. The average Bonchev–Trinajstić information content (AvgIpc) is 3.12. The first kappa shape index (κ1) is 17.9. The number of hydrogen-bond donors (Lipinski definition) is 3. The van der Waals surface area contributed by atoms with Crippen LogP contribution in [-0.4, -0.2) is 39.8 Å². The molecule has 1 aliphatic heterocycles. The Balaban J connectivity index is 1.96. The predicted octanol–water partition coefficient (Wildman–Crippen LogP) is 3.56. The van der Waals surface area contributed by atoms with Gasteiger partial charge in [-0.05, 0) is 50.1 Å². The van der Waals surface area contributed by atoms with Crippen LogP contribution in [0.25, 0.3) is 22.3 Å². The number of rotatable bonds is 4. The molecular formula is C21H21N5O2. The molecule has 0 saturated carbocycles. The molecule has 0 bridgehead atoms. The number of aromatic nitrogens is 2. The first-order valence-corrected chi connectivity index (χ1v) is 9.20. The second kappa shape index (κ2) is 6.92. The normalized spacial score (nSPS) is 16.5. The number of benzene rings is 2. The van der Waals surface area contributed by atoms with Crippen LogP contribution >= 0.6 is 0 Å². The van der Waals surface area contributed by atoms with Crippen LogP contribution in [0.15, 0.2) is 36.4 Å². The Bertz CT molecular complexity index is 1100. The van der Waals surface area contributed by atoms with Gasteiger partial charge in [-0.3, -0.25) is 0 Å². The minimum atomic E-state index is -0.988. The summed E-state index contributed by atoms with van der Waals surface area (Å²) in [6.07, 6.45) is 3.37. The fourth-order valence-corrected chi connectivity index (χ4v) is 3.67. The van der Waals surface area contributed by atoms with E-state index in [1.807, 2.05) is 12.1 Å². The van der Waals surface area contributed by atoms with E-state index < -0.39 is 5.97 Å². The van der Waals surface area contributed by atoms with Crippen LogP contribution in [0.2, 0.25) is 0 Å². The molecule has 0 aliphatic carbocycles. The van der Waals surface area contributed by atoms with Crippen molar-refractivity contribution >= 4 is 34.7 Å². The first-order chi connectivity index (χ1) is 13.5. The van der Waals surface area contributed by atoms with Crippen molar-refractivity contribution in [3.63, 3.8) is 0 Å². The zero-order valence-electron chi connectivity index (χ0n) is 15.5. The molecule has 7 heteroatoms. The van der Waals surface area contributed by atoms with Crippen LogP contribution in [0.4, 0.5) is 11.5 Å². The Morgan fingerprint density at radius 1 is 1.25 bits per heavy atom. The topological polar surface area (TPSA) is 116 Å². The number of nitrogen functional groups attached to an aromatic ring is 1. The van der Waals surface area contributed by atoms with Gasteiger partial charge in [0.25, 0.3) is 0 Å². The second-order valence-electron chi connectivity index (χ2n) is 7.08. The number of nitrogens with two attached hydrogens (primary N) is 1. The maximum absolute atomic E-state index is 11.3. The van der Waals surface area contributed by atoms with Gasteiger partial charge >= 0.3 is 5.97 Å². The molecule has 1 aliphatic rings. The van der Waals surface area contributed by atoms with Crippen LogP contribution in [0, 0.1) is 5.41 Å². The Morgan fingerprint density at radius 2 is 2.07 bits per heavy atom. The van der Waals surface area contributed by atoms with Gasteiger partial charge in [0.15, 0.2) is 5.82 Å². The number of fused-ring (bicyclic) bond motifs is 1. The summed E-state index contributed by atoms with van der Waals surface area (Å²) in [5.41, 5.74) is 10.0. The molecular weight excluding hydrogens is 354 g/mol. The van der Waals surface area contributed by atoms with Gasteiger partial charge in [0.2, 0.25) is 0 Å². The smallest absolute Gasteiger partial charge is 0.335 e. The molecule has 142 valence electrons. The van der Waals surface area contributed by atoms with E-state index in [4.69, 9.17) is 21.1 Å². The number of carboxylic acids is 1. The van der Waals surface area contributed by atoms with Gasteiger partial charge in [0.05, 0.1) is 16.6 Å². The summed E-state index contributed by atoms with van der Waals surface area (Å²) in [5.74, 6) is -0.251. The van der Waals surface area contributed by atoms with Crippen molar-refractivity contribution < 1.29 is 9.90 Å². The molecule has 0 spiro atoms. The van der Waals surface area contributed by atoms with E-state index in [0.29, 0.717) is 34.0 Å². The van der Waals surface area contributed by atoms with E-state index in [0.717, 1.165) is 30.8 Å². The summed E-state index contributed by atoms with van der Waals surface area (Å²) in [6.45, 7) is 3.03. The van der Waals surface area contributed by atoms with Gasteiger partial charge in [-0.1, -0.05) is 6.07 Å². The van der Waals surface area contributed by atoms with Crippen LogP contribution in [0.5, 0.6) is 0 Å². The lowest BCUT2D eigenvalue weighted by molar-refractivity contribution is 0.0697. The third kappa shape index (κ3) is 3.05. The fourth-order valence-electron chi connectivity index (χ4n) is 3.67. The molecule has 7 nitrogen and oxygen atoms in total. The average molecular weight is 375 g/mol. The summed E-state index contributed by atoms with van der Waals surface area (Å²) >= 11 is 0. The Hall–Kier alpha value is -3.48. The van der Waals surface area contributed by atoms with Gasteiger partial charge in [-0.2, -0.15) is 0 Å². The van der Waals surface area contributed by atoms with Gasteiger partial charge in [-0.15, -0.1) is 0 Å². The van der Waals surface area contributed by atoms with E-state index in [1.165, 1.54) is 12.3 Å². The fraction of sp³-hybridized carbons (Fsp3) is 0.238. The number of anilines is 2. The molecule has 2 aromatic carbocycles. The Kier molecular flexibility index (Phi) is 4.43. The van der Waals surface area contributed by atoms with E-state index in [2.05, 4.69) is 11.8 Å². The van der Waals surface area contributed by atoms with Gasteiger partial charge in [0, 0.05) is 35.6 Å². The highest BCUT2D eigenvalue weighted by molar-refractivity contribution is 5.94. The molecule has 2 heterocycles. The SMILES string of the molecule is C[C@H]1CCCN1c1nc2cc(C(=O)O)ccc2nc1-c1ccc(N)c(C=N)c1. The van der Waals surface area contributed by atoms with Crippen LogP contribution in [0.3, 0.4) is 0 Å². The van der Waals surface area contributed by atoms with Crippen molar-refractivity contribution in [2.75, 3.05) is 17.2 Å². The van der Waals surface area contributed by atoms with Crippen LogP contribution < -0.4 is 10.6 Å². The van der Waals surface area contributed by atoms with Crippen molar-refractivity contribution in [3.05, 3.63) is 47.5 Å². The van der Waals surface area contributed by atoms with Crippen molar-refractivity contribution in [2.45, 2.75) is 25.8 Å². The second-order valence-corrected chi connectivity index (χ2v) is 7.08. The van der Waals surface area contributed by atoms with Crippen molar-refractivity contribution in [1.82, 2.24) is 9.97 Å². The summed E-state index contributed by atoms with van der Waals surface area (Å²) in [5, 5.41) is 16.9. The lowest BCUT2D eigenvalue weighted by Gasteiger charge is -2.25. The molecule has 0 amide bonds. The number of aromatic carboxylic acids is 1. The number of nitrogens with zero attached hydrogens (tertiary/aromatic N) is 3. The monoisotopic (exact) mass is 375 g/mol. The predicted molar refractivity (Wildman–Crippen MR) is 110 cm³/mol. The van der Waals surface area contributed by atoms with Gasteiger partial charge in [-0.25, -0.2) is 14.8 Å². The highest BCUT2D eigenvalue weighted by atomic mass is 16.4.